The van der Waals surface area contributed by atoms with Gasteiger partial charge in [-0.3, -0.25) is 9.69 Å². The predicted octanol–water partition coefficient (Wildman–Crippen LogP) is 4.41. The molecule has 1 aromatic carbocycles. The first-order chi connectivity index (χ1) is 9.76. The molecule has 1 aliphatic rings. The van der Waals surface area contributed by atoms with E-state index < -0.39 is 5.60 Å². The van der Waals surface area contributed by atoms with E-state index in [1.54, 1.807) is 0 Å². The molecule has 0 bridgehead atoms. The van der Waals surface area contributed by atoms with Crippen molar-refractivity contribution in [2.75, 3.05) is 6.54 Å². The molecule has 0 unspecified atom stereocenters. The summed E-state index contributed by atoms with van der Waals surface area (Å²) in [4.78, 5) is 14.5. The van der Waals surface area contributed by atoms with Crippen molar-refractivity contribution < 1.29 is 9.53 Å². The molecule has 1 heterocycles. The first-order valence-electron chi connectivity index (χ1n) is 7.17. The van der Waals surface area contributed by atoms with Gasteiger partial charge in [0.15, 0.2) is 0 Å². The van der Waals surface area contributed by atoms with Crippen LogP contribution in [0.5, 0.6) is 0 Å². The molecule has 0 saturated carbocycles. The number of hydrogen-bond acceptors (Lipinski definition) is 3. The van der Waals surface area contributed by atoms with Gasteiger partial charge in [-0.1, -0.05) is 33.6 Å². The standard InChI is InChI=1S/C16H21BrClNO2/c1-16(2,3)21-15(20)14-5-4-8-19(14)10-11-6-7-12(17)9-13(11)18/h6-7,9,14H,4-5,8,10H2,1-3H3/t14-/m0/s1. The smallest absolute Gasteiger partial charge is 0.323 e. The second-order valence-corrected chi connectivity index (χ2v) is 7.72. The summed E-state index contributed by atoms with van der Waals surface area (Å²) >= 11 is 9.67. The number of hydrogen-bond donors (Lipinski definition) is 0. The van der Waals surface area contributed by atoms with E-state index in [-0.39, 0.29) is 12.0 Å². The highest BCUT2D eigenvalue weighted by molar-refractivity contribution is 9.10. The molecule has 1 aromatic rings. The Labute approximate surface area is 139 Å². The molecule has 1 atom stereocenters. The lowest BCUT2D eigenvalue weighted by Gasteiger charge is -2.27. The minimum Gasteiger partial charge on any atom is -0.459 e. The SMILES string of the molecule is CC(C)(C)OC(=O)[C@@H]1CCCN1Cc1ccc(Br)cc1Cl. The number of esters is 1. The number of ether oxygens (including phenoxy) is 1. The molecule has 1 aliphatic heterocycles. The molecule has 0 N–H and O–H groups in total. The number of carbonyl (C=O) groups is 1. The molecule has 5 heteroatoms. The van der Waals surface area contributed by atoms with Crippen molar-refractivity contribution in [1.29, 1.82) is 0 Å². The van der Waals surface area contributed by atoms with Crippen molar-refractivity contribution in [3.63, 3.8) is 0 Å². The largest absolute Gasteiger partial charge is 0.459 e. The Kier molecular flexibility index (Phi) is 5.33. The summed E-state index contributed by atoms with van der Waals surface area (Å²) in [5.41, 5.74) is 0.593. The third kappa shape index (κ3) is 4.70. The van der Waals surface area contributed by atoms with Gasteiger partial charge in [-0.2, -0.15) is 0 Å². The molecule has 21 heavy (non-hydrogen) atoms. The van der Waals surface area contributed by atoms with Gasteiger partial charge in [0.05, 0.1) is 0 Å². The maximum atomic E-state index is 12.3. The first kappa shape index (κ1) is 16.8. The van der Waals surface area contributed by atoms with Gasteiger partial charge in [0.1, 0.15) is 11.6 Å². The van der Waals surface area contributed by atoms with Gasteiger partial charge in [0.25, 0.3) is 0 Å². The monoisotopic (exact) mass is 373 g/mol. The Hall–Kier alpha value is -0.580. The van der Waals surface area contributed by atoms with Gasteiger partial charge in [-0.05, 0) is 57.9 Å². The summed E-state index contributed by atoms with van der Waals surface area (Å²) in [5.74, 6) is -0.131. The van der Waals surface area contributed by atoms with E-state index in [1.807, 2.05) is 39.0 Å². The molecule has 0 aliphatic carbocycles. The predicted molar refractivity (Wildman–Crippen MR) is 88.4 cm³/mol. The number of benzene rings is 1. The van der Waals surface area contributed by atoms with E-state index in [0.717, 1.165) is 34.4 Å². The molecule has 0 aromatic heterocycles. The highest BCUT2D eigenvalue weighted by Crippen LogP contribution is 2.27. The van der Waals surface area contributed by atoms with Crippen molar-refractivity contribution in [3.05, 3.63) is 33.3 Å². The molecular formula is C16H21BrClNO2. The van der Waals surface area contributed by atoms with Crippen LogP contribution in [-0.4, -0.2) is 29.1 Å². The van der Waals surface area contributed by atoms with E-state index >= 15 is 0 Å². The van der Waals surface area contributed by atoms with Gasteiger partial charge in [-0.15, -0.1) is 0 Å². The summed E-state index contributed by atoms with van der Waals surface area (Å²) in [6.07, 6.45) is 1.86. The third-order valence-electron chi connectivity index (χ3n) is 3.43. The van der Waals surface area contributed by atoms with Crippen molar-refractivity contribution in [2.24, 2.45) is 0 Å². The summed E-state index contributed by atoms with van der Waals surface area (Å²) in [6, 6.07) is 5.69. The van der Waals surface area contributed by atoms with Crippen LogP contribution >= 0.6 is 27.5 Å². The third-order valence-corrected chi connectivity index (χ3v) is 4.28. The summed E-state index contributed by atoms with van der Waals surface area (Å²) in [5, 5.41) is 0.721. The Morgan fingerprint density at radius 1 is 1.48 bits per heavy atom. The van der Waals surface area contributed by atoms with Crippen molar-refractivity contribution >= 4 is 33.5 Å². The summed E-state index contributed by atoms with van der Waals surface area (Å²) in [7, 11) is 0. The summed E-state index contributed by atoms with van der Waals surface area (Å²) < 4.78 is 6.48. The van der Waals surface area contributed by atoms with Gasteiger partial charge in [0, 0.05) is 16.0 Å². The maximum absolute atomic E-state index is 12.3. The number of rotatable bonds is 3. The zero-order valence-corrected chi connectivity index (χ0v) is 15.0. The molecule has 0 radical (unpaired) electrons. The number of likely N-dealkylation sites (tertiary alicyclic amines) is 1. The van der Waals surface area contributed by atoms with Crippen LogP contribution in [0.15, 0.2) is 22.7 Å². The highest BCUT2D eigenvalue weighted by Gasteiger charge is 2.34. The highest BCUT2D eigenvalue weighted by atomic mass is 79.9. The van der Waals surface area contributed by atoms with Crippen LogP contribution in [0.4, 0.5) is 0 Å². The summed E-state index contributed by atoms with van der Waals surface area (Å²) in [6.45, 7) is 7.27. The quantitative estimate of drug-likeness (QED) is 0.734. The van der Waals surface area contributed by atoms with E-state index in [9.17, 15) is 4.79 Å². The van der Waals surface area contributed by atoms with Crippen molar-refractivity contribution in [3.8, 4) is 0 Å². The second kappa shape index (κ2) is 6.67. The Bertz CT molecular complexity index is 527. The molecule has 1 saturated heterocycles. The molecule has 2 rings (SSSR count). The van der Waals surface area contributed by atoms with Crippen LogP contribution in [0.3, 0.4) is 0 Å². The van der Waals surface area contributed by atoms with Gasteiger partial charge in [0.2, 0.25) is 0 Å². The Morgan fingerprint density at radius 2 is 2.19 bits per heavy atom. The maximum Gasteiger partial charge on any atom is 0.323 e. The fourth-order valence-electron chi connectivity index (χ4n) is 2.52. The second-order valence-electron chi connectivity index (χ2n) is 6.40. The van der Waals surface area contributed by atoms with Gasteiger partial charge in [-0.25, -0.2) is 0 Å². The lowest BCUT2D eigenvalue weighted by molar-refractivity contribution is -0.160. The average Bonchev–Trinajstić information content (AvgIpc) is 2.79. The average molecular weight is 375 g/mol. The topological polar surface area (TPSA) is 29.5 Å². The van der Waals surface area contributed by atoms with E-state index in [1.165, 1.54) is 0 Å². The van der Waals surface area contributed by atoms with Gasteiger partial charge < -0.3 is 4.74 Å². The van der Waals surface area contributed by atoms with Crippen LogP contribution in [0.2, 0.25) is 5.02 Å². The van der Waals surface area contributed by atoms with Crippen LogP contribution < -0.4 is 0 Å². The number of halogens is 2. The van der Waals surface area contributed by atoms with E-state index in [0.29, 0.717) is 6.54 Å². The van der Waals surface area contributed by atoms with Crippen molar-refractivity contribution in [2.45, 2.75) is 51.8 Å². The molecular weight excluding hydrogens is 354 g/mol. The lowest BCUT2D eigenvalue weighted by Crippen LogP contribution is -2.40. The van der Waals surface area contributed by atoms with E-state index in [4.69, 9.17) is 16.3 Å². The van der Waals surface area contributed by atoms with Gasteiger partial charge >= 0.3 is 5.97 Å². The number of nitrogens with zero attached hydrogens (tertiary/aromatic N) is 1. The molecule has 3 nitrogen and oxygen atoms in total. The zero-order valence-electron chi connectivity index (χ0n) is 12.7. The fourth-order valence-corrected chi connectivity index (χ4v) is 3.25. The van der Waals surface area contributed by atoms with Crippen LogP contribution in [0.1, 0.15) is 39.2 Å². The Morgan fingerprint density at radius 3 is 2.81 bits per heavy atom. The molecule has 0 spiro atoms. The molecule has 1 fully saturated rings. The Balaban J connectivity index is 2.06. The normalized spacial score (nSPS) is 19.8. The molecule has 116 valence electrons. The molecule has 0 amide bonds. The fraction of sp³-hybridized carbons (Fsp3) is 0.562. The zero-order chi connectivity index (χ0) is 15.6. The number of carbonyl (C=O) groups excluding carboxylic acids is 1. The van der Waals surface area contributed by atoms with Crippen LogP contribution in [-0.2, 0) is 16.1 Å². The van der Waals surface area contributed by atoms with Crippen molar-refractivity contribution in [1.82, 2.24) is 4.90 Å². The minimum absolute atomic E-state index is 0.131. The first-order valence-corrected chi connectivity index (χ1v) is 8.34. The van der Waals surface area contributed by atoms with Crippen LogP contribution in [0, 0.1) is 0 Å². The van der Waals surface area contributed by atoms with Crippen LogP contribution in [0.25, 0.3) is 0 Å². The van der Waals surface area contributed by atoms with E-state index in [2.05, 4.69) is 20.8 Å². The minimum atomic E-state index is -0.444. The lowest BCUT2D eigenvalue weighted by atomic mass is 10.1.